The number of rotatable bonds is 5. The molecular formula is C12H17NO2S. The summed E-state index contributed by atoms with van der Waals surface area (Å²) in [6.45, 7) is 1.94. The highest BCUT2D eigenvalue weighted by molar-refractivity contribution is 7.88. The van der Waals surface area contributed by atoms with Crippen molar-refractivity contribution in [2.75, 3.05) is 6.26 Å². The molecule has 0 aliphatic carbocycles. The highest BCUT2D eigenvalue weighted by Crippen LogP contribution is 2.04. The van der Waals surface area contributed by atoms with E-state index in [2.05, 4.69) is 4.72 Å². The van der Waals surface area contributed by atoms with Gasteiger partial charge in [-0.25, -0.2) is 13.1 Å². The summed E-state index contributed by atoms with van der Waals surface area (Å²) in [4.78, 5) is 0. The fraction of sp³-hybridized carbons (Fsp3) is 0.333. The van der Waals surface area contributed by atoms with Gasteiger partial charge in [0, 0.05) is 6.04 Å². The zero-order valence-electron chi connectivity index (χ0n) is 9.55. The lowest BCUT2D eigenvalue weighted by atomic mass is 10.1. The lowest BCUT2D eigenvalue weighted by Gasteiger charge is -2.10. The van der Waals surface area contributed by atoms with Crippen LogP contribution in [-0.4, -0.2) is 20.7 Å². The monoisotopic (exact) mass is 239 g/mol. The van der Waals surface area contributed by atoms with E-state index in [4.69, 9.17) is 0 Å². The van der Waals surface area contributed by atoms with E-state index in [0.717, 1.165) is 12.0 Å². The van der Waals surface area contributed by atoms with E-state index in [9.17, 15) is 8.42 Å². The van der Waals surface area contributed by atoms with Gasteiger partial charge < -0.3 is 0 Å². The molecule has 1 rings (SSSR count). The van der Waals surface area contributed by atoms with Crippen LogP contribution in [0.3, 0.4) is 0 Å². The van der Waals surface area contributed by atoms with Crippen molar-refractivity contribution in [2.45, 2.75) is 19.4 Å². The van der Waals surface area contributed by atoms with Gasteiger partial charge >= 0.3 is 0 Å². The maximum atomic E-state index is 11.1. The van der Waals surface area contributed by atoms with Crippen molar-refractivity contribution in [3.63, 3.8) is 0 Å². The molecule has 0 aromatic heterocycles. The minimum Gasteiger partial charge on any atom is -0.213 e. The fourth-order valence-corrected chi connectivity index (χ4v) is 2.12. The molecule has 0 spiro atoms. The number of hydrogen-bond donors (Lipinski definition) is 1. The average molecular weight is 239 g/mol. The second-order valence-electron chi connectivity index (χ2n) is 3.67. The molecule has 0 bridgehead atoms. The van der Waals surface area contributed by atoms with E-state index in [1.54, 1.807) is 0 Å². The van der Waals surface area contributed by atoms with Gasteiger partial charge in [-0.3, -0.25) is 0 Å². The molecule has 1 N–H and O–H groups in total. The molecule has 16 heavy (non-hydrogen) atoms. The van der Waals surface area contributed by atoms with E-state index in [-0.39, 0.29) is 6.04 Å². The van der Waals surface area contributed by atoms with Crippen LogP contribution < -0.4 is 4.72 Å². The van der Waals surface area contributed by atoms with Crippen LogP contribution in [0.1, 0.15) is 18.9 Å². The summed E-state index contributed by atoms with van der Waals surface area (Å²) in [6.07, 6.45) is 5.70. The number of benzene rings is 1. The first kappa shape index (κ1) is 12.9. The summed E-state index contributed by atoms with van der Waals surface area (Å²) in [5, 5.41) is 0. The topological polar surface area (TPSA) is 46.2 Å². The van der Waals surface area contributed by atoms with Gasteiger partial charge in [-0.15, -0.1) is 0 Å². The lowest BCUT2D eigenvalue weighted by molar-refractivity contribution is 0.574. The Labute approximate surface area is 97.2 Å². The van der Waals surface area contributed by atoms with Crippen LogP contribution in [0.4, 0.5) is 0 Å². The molecule has 4 heteroatoms. The third-order valence-electron chi connectivity index (χ3n) is 2.13. The van der Waals surface area contributed by atoms with Gasteiger partial charge in [-0.05, 0) is 12.0 Å². The normalized spacial score (nSPS) is 14.1. The van der Waals surface area contributed by atoms with Crippen LogP contribution >= 0.6 is 0 Å². The summed E-state index contributed by atoms with van der Waals surface area (Å²) >= 11 is 0. The van der Waals surface area contributed by atoms with E-state index in [0.29, 0.717) is 0 Å². The molecule has 0 saturated heterocycles. The first-order valence-electron chi connectivity index (χ1n) is 5.22. The quantitative estimate of drug-likeness (QED) is 0.854. The van der Waals surface area contributed by atoms with Crippen molar-refractivity contribution in [1.29, 1.82) is 0 Å². The third-order valence-corrected chi connectivity index (χ3v) is 2.86. The summed E-state index contributed by atoms with van der Waals surface area (Å²) in [5.74, 6) is 0. The Bertz CT molecular complexity index is 437. The molecule has 1 aromatic carbocycles. The summed E-state index contributed by atoms with van der Waals surface area (Å²) in [5.41, 5.74) is 1.07. The summed E-state index contributed by atoms with van der Waals surface area (Å²) < 4.78 is 24.7. The zero-order chi connectivity index (χ0) is 12.0. The van der Waals surface area contributed by atoms with Gasteiger partial charge in [0.2, 0.25) is 10.0 Å². The molecule has 0 aliphatic rings. The van der Waals surface area contributed by atoms with Crippen LogP contribution in [0.2, 0.25) is 0 Å². The van der Waals surface area contributed by atoms with Gasteiger partial charge in [0.25, 0.3) is 0 Å². The zero-order valence-corrected chi connectivity index (χ0v) is 10.4. The molecule has 0 fully saturated rings. The maximum Gasteiger partial charge on any atom is 0.209 e. The second-order valence-corrected chi connectivity index (χ2v) is 5.45. The second kappa shape index (κ2) is 5.82. The SMILES string of the molecule is CC[C@H](/C=C/c1ccccc1)NS(C)(=O)=O. The molecule has 1 aromatic rings. The van der Waals surface area contributed by atoms with Crippen LogP contribution in [0.5, 0.6) is 0 Å². The summed E-state index contributed by atoms with van der Waals surface area (Å²) in [6, 6.07) is 9.65. The lowest BCUT2D eigenvalue weighted by Crippen LogP contribution is -2.31. The van der Waals surface area contributed by atoms with Gasteiger partial charge in [-0.1, -0.05) is 49.4 Å². The minimum atomic E-state index is -3.14. The Morgan fingerprint density at radius 3 is 2.44 bits per heavy atom. The number of nitrogens with one attached hydrogen (secondary N) is 1. The standard InChI is InChI=1S/C12H17NO2S/c1-3-12(13-16(2,14)15)10-9-11-7-5-4-6-8-11/h4-10,12-13H,3H2,1-2H3/b10-9+/t12-/m1/s1. The number of hydrogen-bond acceptors (Lipinski definition) is 2. The third kappa shape index (κ3) is 5.09. The first-order chi connectivity index (χ1) is 7.51. The van der Waals surface area contributed by atoms with Gasteiger partial charge in [0.1, 0.15) is 0 Å². The van der Waals surface area contributed by atoms with Gasteiger partial charge in [-0.2, -0.15) is 0 Å². The average Bonchev–Trinajstić information content (AvgIpc) is 2.24. The molecule has 3 nitrogen and oxygen atoms in total. The molecule has 0 radical (unpaired) electrons. The Hall–Kier alpha value is -1.13. The van der Waals surface area contributed by atoms with E-state index in [1.807, 2.05) is 49.4 Å². The fourth-order valence-electron chi connectivity index (χ4n) is 1.33. The van der Waals surface area contributed by atoms with Crippen molar-refractivity contribution in [2.24, 2.45) is 0 Å². The molecule has 0 saturated carbocycles. The number of sulfonamides is 1. The predicted molar refractivity (Wildman–Crippen MR) is 67.5 cm³/mol. The van der Waals surface area contributed by atoms with Crippen molar-refractivity contribution in [1.82, 2.24) is 4.72 Å². The maximum absolute atomic E-state index is 11.1. The van der Waals surface area contributed by atoms with Crippen LogP contribution in [0.15, 0.2) is 36.4 Å². The Kier molecular flexibility index (Phi) is 4.71. The molecule has 88 valence electrons. The first-order valence-corrected chi connectivity index (χ1v) is 7.11. The Morgan fingerprint density at radius 1 is 1.31 bits per heavy atom. The van der Waals surface area contributed by atoms with Crippen LogP contribution in [-0.2, 0) is 10.0 Å². The van der Waals surface area contributed by atoms with Crippen molar-refractivity contribution < 1.29 is 8.42 Å². The highest BCUT2D eigenvalue weighted by atomic mass is 32.2. The molecule has 1 atom stereocenters. The Balaban J connectivity index is 2.67. The molecule has 0 unspecified atom stereocenters. The largest absolute Gasteiger partial charge is 0.213 e. The van der Waals surface area contributed by atoms with Crippen LogP contribution in [0, 0.1) is 0 Å². The minimum absolute atomic E-state index is 0.143. The highest BCUT2D eigenvalue weighted by Gasteiger charge is 2.07. The van der Waals surface area contributed by atoms with Gasteiger partial charge in [0.05, 0.1) is 6.26 Å². The van der Waals surface area contributed by atoms with Crippen molar-refractivity contribution in [3.8, 4) is 0 Å². The Morgan fingerprint density at radius 2 is 1.94 bits per heavy atom. The van der Waals surface area contributed by atoms with Crippen molar-refractivity contribution in [3.05, 3.63) is 42.0 Å². The summed E-state index contributed by atoms with van der Waals surface area (Å²) in [7, 11) is -3.14. The van der Waals surface area contributed by atoms with Crippen LogP contribution in [0.25, 0.3) is 6.08 Å². The molecule has 0 amide bonds. The smallest absolute Gasteiger partial charge is 0.209 e. The molecule has 0 heterocycles. The van der Waals surface area contributed by atoms with E-state index < -0.39 is 10.0 Å². The van der Waals surface area contributed by atoms with Gasteiger partial charge in [0.15, 0.2) is 0 Å². The molecule has 0 aliphatic heterocycles. The van der Waals surface area contributed by atoms with E-state index >= 15 is 0 Å². The predicted octanol–water partition coefficient (Wildman–Crippen LogP) is 2.03. The molecular weight excluding hydrogens is 222 g/mol. The van der Waals surface area contributed by atoms with Crippen molar-refractivity contribution >= 4 is 16.1 Å². The van der Waals surface area contributed by atoms with E-state index in [1.165, 1.54) is 6.26 Å².